The van der Waals surface area contributed by atoms with Crippen molar-refractivity contribution in [3.8, 4) is 5.75 Å². The largest absolute Gasteiger partial charge is 0.497 e. The predicted octanol–water partition coefficient (Wildman–Crippen LogP) is 3.33. The summed E-state index contributed by atoms with van der Waals surface area (Å²) in [6.45, 7) is 0.492. The molecule has 0 bridgehead atoms. The number of benzene rings is 3. The van der Waals surface area contributed by atoms with Gasteiger partial charge in [0.15, 0.2) is 9.84 Å². The zero-order valence-electron chi connectivity index (χ0n) is 21.4. The van der Waals surface area contributed by atoms with Crippen molar-refractivity contribution in [3.05, 3.63) is 95.3 Å². The van der Waals surface area contributed by atoms with Gasteiger partial charge in [-0.25, -0.2) is 17.6 Å². The smallest absolute Gasteiger partial charge is 0.326 e. The second-order valence-corrected chi connectivity index (χ2v) is 11.4. The molecule has 1 saturated heterocycles. The van der Waals surface area contributed by atoms with E-state index in [1.54, 1.807) is 48.5 Å². The molecule has 2 atom stereocenters. The van der Waals surface area contributed by atoms with Gasteiger partial charge >= 0.3 is 6.03 Å². The molecule has 0 aromatic heterocycles. The summed E-state index contributed by atoms with van der Waals surface area (Å²) in [6, 6.07) is 17.4. The van der Waals surface area contributed by atoms with Gasteiger partial charge in [0, 0.05) is 24.9 Å². The van der Waals surface area contributed by atoms with Gasteiger partial charge in [-0.15, -0.1) is 0 Å². The summed E-state index contributed by atoms with van der Waals surface area (Å²) < 4.78 is 44.0. The Bertz CT molecular complexity index is 1560. The Morgan fingerprint density at radius 1 is 1.05 bits per heavy atom. The fraction of sp³-hybridized carbons (Fsp3) is 0.250. The lowest BCUT2D eigenvalue weighted by Crippen LogP contribution is -2.55. The van der Waals surface area contributed by atoms with E-state index < -0.39 is 33.8 Å². The van der Waals surface area contributed by atoms with E-state index in [0.717, 1.165) is 6.26 Å². The lowest BCUT2D eigenvalue weighted by Gasteiger charge is -2.35. The van der Waals surface area contributed by atoms with Gasteiger partial charge in [0.2, 0.25) is 5.91 Å². The Hall–Kier alpha value is -4.25. The molecule has 202 valence electrons. The van der Waals surface area contributed by atoms with Crippen LogP contribution in [0.15, 0.2) is 82.7 Å². The summed E-state index contributed by atoms with van der Waals surface area (Å²) in [7, 11) is -1.89. The number of urea groups is 1. The average Bonchev–Trinajstić information content (AvgIpc) is 3.33. The van der Waals surface area contributed by atoms with Crippen LogP contribution in [0.1, 0.15) is 28.8 Å². The third kappa shape index (κ3) is 5.35. The van der Waals surface area contributed by atoms with Gasteiger partial charge in [-0.3, -0.25) is 14.7 Å². The molecule has 1 fully saturated rings. The Labute approximate surface area is 225 Å². The number of sulfone groups is 1. The van der Waals surface area contributed by atoms with Gasteiger partial charge in [0.1, 0.15) is 30.0 Å². The maximum absolute atomic E-state index is 14.5. The van der Waals surface area contributed by atoms with Crippen molar-refractivity contribution in [2.75, 3.05) is 33.0 Å². The number of carbonyl (C=O) groups is 2. The van der Waals surface area contributed by atoms with Crippen molar-refractivity contribution in [2.24, 2.45) is 4.99 Å². The van der Waals surface area contributed by atoms with E-state index in [2.05, 4.69) is 5.32 Å². The van der Waals surface area contributed by atoms with E-state index >= 15 is 0 Å². The highest BCUT2D eigenvalue weighted by atomic mass is 32.2. The molecule has 2 aliphatic rings. The molecule has 2 unspecified atom stereocenters. The lowest BCUT2D eigenvalue weighted by molar-refractivity contribution is -0.123. The minimum Gasteiger partial charge on any atom is -0.497 e. The maximum atomic E-state index is 14.5. The Morgan fingerprint density at radius 2 is 1.79 bits per heavy atom. The summed E-state index contributed by atoms with van der Waals surface area (Å²) in [5.41, 5.74) is 1.74. The summed E-state index contributed by atoms with van der Waals surface area (Å²) in [5.74, 6) is 0.140. The first-order chi connectivity index (χ1) is 18.7. The third-order valence-electron chi connectivity index (χ3n) is 6.75. The van der Waals surface area contributed by atoms with E-state index in [0.29, 0.717) is 41.4 Å². The molecule has 11 heteroatoms. The number of amides is 3. The second-order valence-electron chi connectivity index (χ2n) is 9.39. The molecular formula is C28H27FN4O5S. The monoisotopic (exact) mass is 550 g/mol. The first kappa shape index (κ1) is 26.4. The van der Waals surface area contributed by atoms with Crippen LogP contribution >= 0.6 is 0 Å². The van der Waals surface area contributed by atoms with Crippen molar-refractivity contribution in [1.29, 1.82) is 0 Å². The van der Waals surface area contributed by atoms with Crippen molar-refractivity contribution in [3.63, 3.8) is 0 Å². The molecule has 0 aliphatic carbocycles. The Morgan fingerprint density at radius 3 is 2.46 bits per heavy atom. The number of carbonyl (C=O) groups excluding carboxylic acids is 2. The van der Waals surface area contributed by atoms with Crippen LogP contribution < -0.4 is 10.1 Å². The standard InChI is InChI=1S/C28H27FN4O5S/c1-38-22-8-4-6-20(16-22)27-31-25(18-9-11-23(12-10-18)39(2,36)37)26(19-5-3-7-21(29)15-19)33(27)28(35)32-14-13-30-24(34)17-32/h3-12,15-16,25-26H,13-14,17H2,1-2H3,(H,30,34). The highest BCUT2D eigenvalue weighted by Crippen LogP contribution is 2.44. The number of ether oxygens (including phenoxy) is 1. The summed E-state index contributed by atoms with van der Waals surface area (Å²) in [4.78, 5) is 34.3. The molecule has 9 nitrogen and oxygen atoms in total. The minimum atomic E-state index is -3.43. The quantitative estimate of drug-likeness (QED) is 0.524. The Kier molecular flexibility index (Phi) is 7.09. The normalized spacial score (nSPS) is 19.5. The lowest BCUT2D eigenvalue weighted by atomic mass is 9.93. The van der Waals surface area contributed by atoms with E-state index in [1.807, 2.05) is 0 Å². The number of rotatable bonds is 5. The van der Waals surface area contributed by atoms with Gasteiger partial charge in [-0.1, -0.05) is 36.4 Å². The molecule has 2 aliphatic heterocycles. The molecule has 39 heavy (non-hydrogen) atoms. The van der Waals surface area contributed by atoms with Crippen molar-refractivity contribution in [1.82, 2.24) is 15.1 Å². The van der Waals surface area contributed by atoms with Gasteiger partial charge in [-0.2, -0.15) is 0 Å². The van der Waals surface area contributed by atoms with Crippen LogP contribution in [0.3, 0.4) is 0 Å². The van der Waals surface area contributed by atoms with Gasteiger partial charge in [-0.05, 0) is 47.5 Å². The SMILES string of the molecule is COc1cccc(C2=NC(c3ccc(S(C)(=O)=O)cc3)C(c3cccc(F)c3)N2C(=O)N2CCNC(=O)C2)c1. The number of nitrogens with one attached hydrogen (secondary N) is 1. The number of methoxy groups -OCH3 is 1. The number of piperazine rings is 1. The van der Waals surface area contributed by atoms with E-state index in [1.165, 1.54) is 41.2 Å². The molecule has 2 heterocycles. The maximum Gasteiger partial charge on any atom is 0.326 e. The number of hydrogen-bond donors (Lipinski definition) is 1. The van der Waals surface area contributed by atoms with E-state index in [9.17, 15) is 22.4 Å². The van der Waals surface area contributed by atoms with Crippen LogP contribution in [-0.4, -0.2) is 69.0 Å². The van der Waals surface area contributed by atoms with Crippen LogP contribution in [0.25, 0.3) is 0 Å². The number of hydrogen-bond acceptors (Lipinski definition) is 6. The van der Waals surface area contributed by atoms with E-state index in [-0.39, 0.29) is 17.3 Å². The summed E-state index contributed by atoms with van der Waals surface area (Å²) in [5, 5.41) is 2.72. The van der Waals surface area contributed by atoms with E-state index in [4.69, 9.17) is 9.73 Å². The van der Waals surface area contributed by atoms with Crippen LogP contribution in [0.4, 0.5) is 9.18 Å². The number of aliphatic imine (C=N–C) groups is 1. The van der Waals surface area contributed by atoms with Crippen LogP contribution in [0, 0.1) is 5.82 Å². The fourth-order valence-electron chi connectivity index (χ4n) is 4.87. The highest BCUT2D eigenvalue weighted by Gasteiger charge is 2.44. The zero-order chi connectivity index (χ0) is 27.7. The molecular weight excluding hydrogens is 523 g/mol. The van der Waals surface area contributed by atoms with Gasteiger partial charge in [0.25, 0.3) is 0 Å². The van der Waals surface area contributed by atoms with Crippen LogP contribution in [0.2, 0.25) is 0 Å². The molecule has 0 spiro atoms. The topological polar surface area (TPSA) is 108 Å². The molecule has 1 N–H and O–H groups in total. The van der Waals surface area contributed by atoms with Crippen molar-refractivity contribution < 1.29 is 27.1 Å². The molecule has 0 radical (unpaired) electrons. The fourth-order valence-corrected chi connectivity index (χ4v) is 5.50. The summed E-state index contributed by atoms with van der Waals surface area (Å²) >= 11 is 0. The second kappa shape index (κ2) is 10.5. The average molecular weight is 551 g/mol. The van der Waals surface area contributed by atoms with Gasteiger partial charge < -0.3 is 15.0 Å². The predicted molar refractivity (Wildman–Crippen MR) is 143 cm³/mol. The third-order valence-corrected chi connectivity index (χ3v) is 7.88. The van der Waals surface area contributed by atoms with Gasteiger partial charge in [0.05, 0.1) is 18.0 Å². The first-order valence-electron chi connectivity index (χ1n) is 12.3. The molecule has 5 rings (SSSR count). The number of amidine groups is 1. The Balaban J connectivity index is 1.68. The number of halogens is 1. The zero-order valence-corrected chi connectivity index (χ0v) is 22.2. The number of nitrogens with zero attached hydrogens (tertiary/aromatic N) is 3. The minimum absolute atomic E-state index is 0.121. The van der Waals surface area contributed by atoms with Crippen LogP contribution in [-0.2, 0) is 14.6 Å². The molecule has 3 aromatic carbocycles. The summed E-state index contributed by atoms with van der Waals surface area (Å²) in [6.07, 6.45) is 1.13. The van der Waals surface area contributed by atoms with Crippen LogP contribution in [0.5, 0.6) is 5.75 Å². The van der Waals surface area contributed by atoms with Crippen molar-refractivity contribution >= 4 is 27.6 Å². The highest BCUT2D eigenvalue weighted by molar-refractivity contribution is 7.90. The molecule has 3 aromatic rings. The molecule has 0 saturated carbocycles. The van der Waals surface area contributed by atoms with Crippen molar-refractivity contribution in [2.45, 2.75) is 17.0 Å². The molecule has 3 amide bonds. The first-order valence-corrected chi connectivity index (χ1v) is 14.2.